The number of carbonyl (C=O) groups is 1. The van der Waals surface area contributed by atoms with Crippen molar-refractivity contribution < 1.29 is 18.8 Å². The lowest BCUT2D eigenvalue weighted by Crippen LogP contribution is -2.50. The number of rotatable bonds is 7. The van der Waals surface area contributed by atoms with E-state index < -0.39 is 21.7 Å². The van der Waals surface area contributed by atoms with Crippen LogP contribution in [-0.2, 0) is 16.1 Å². The lowest BCUT2D eigenvalue weighted by molar-refractivity contribution is 0.00528. The summed E-state index contributed by atoms with van der Waals surface area (Å²) in [5, 5.41) is 0.781. The van der Waals surface area contributed by atoms with Gasteiger partial charge in [0.2, 0.25) is 0 Å². The van der Waals surface area contributed by atoms with E-state index in [4.69, 9.17) is 32.7 Å². The summed E-state index contributed by atoms with van der Waals surface area (Å²) in [5.74, 6) is 0.642. The molecule has 6 nitrogen and oxygen atoms in total. The van der Waals surface area contributed by atoms with Crippen LogP contribution in [0, 0.1) is 5.92 Å². The maximum Gasteiger partial charge on any atom is 0.410 e. The number of benzene rings is 1. The number of halogens is 2. The quantitative estimate of drug-likeness (QED) is 0.312. The maximum atomic E-state index is 13.2. The van der Waals surface area contributed by atoms with E-state index in [0.29, 0.717) is 41.8 Å². The molecule has 1 aliphatic rings. The van der Waals surface area contributed by atoms with Crippen molar-refractivity contribution in [3.05, 3.63) is 40.4 Å². The minimum atomic E-state index is -1.34. The van der Waals surface area contributed by atoms with Gasteiger partial charge in [-0.2, -0.15) is 0 Å². The minimum absolute atomic E-state index is 0.0544. The van der Waals surface area contributed by atoms with Crippen LogP contribution in [-0.4, -0.2) is 45.1 Å². The van der Waals surface area contributed by atoms with E-state index in [1.54, 1.807) is 23.1 Å². The zero-order valence-corrected chi connectivity index (χ0v) is 23.6. The van der Waals surface area contributed by atoms with Gasteiger partial charge in [0.1, 0.15) is 22.7 Å². The molecule has 4 unspecified atom stereocenters. The third-order valence-electron chi connectivity index (χ3n) is 5.55. The fourth-order valence-corrected chi connectivity index (χ4v) is 5.10. The fourth-order valence-electron chi connectivity index (χ4n) is 3.87. The first-order valence-corrected chi connectivity index (χ1v) is 13.4. The minimum Gasteiger partial charge on any atom is -0.598 e. The number of ether oxygens (including phenoxy) is 2. The Hall–Kier alpha value is -1.12. The van der Waals surface area contributed by atoms with E-state index in [0.717, 1.165) is 5.56 Å². The van der Waals surface area contributed by atoms with Crippen molar-refractivity contribution >= 4 is 40.7 Å². The molecule has 0 bridgehead atoms. The van der Waals surface area contributed by atoms with Gasteiger partial charge in [-0.15, -0.1) is 4.72 Å². The van der Waals surface area contributed by atoms with E-state index in [2.05, 4.69) is 11.3 Å². The summed E-state index contributed by atoms with van der Waals surface area (Å²) in [7, 11) is 0. The van der Waals surface area contributed by atoms with E-state index in [-0.39, 0.29) is 24.1 Å². The van der Waals surface area contributed by atoms with Crippen LogP contribution in [0.2, 0.25) is 10.0 Å². The number of hydrogen-bond donors (Lipinski definition) is 1. The first-order valence-electron chi connectivity index (χ1n) is 11.5. The van der Waals surface area contributed by atoms with Gasteiger partial charge in [-0.05, 0) is 73.3 Å². The smallest absolute Gasteiger partial charge is 0.410 e. The predicted octanol–water partition coefficient (Wildman–Crippen LogP) is 6.69. The standard InChI is InChI=1S/C25H38Cl2N2O4S/c1-9-12-32-21-15-20(27)19(26)14-18(21)22(28-34(31)25(6,7)8)17-10-11-29(16(2)13-17)23(30)33-24(3,4)5/h9,14-17,22,28H,1,10-13H2,2-8H3. The van der Waals surface area contributed by atoms with E-state index in [1.165, 1.54) is 0 Å². The third-order valence-corrected chi connectivity index (χ3v) is 7.85. The van der Waals surface area contributed by atoms with Gasteiger partial charge in [-0.3, -0.25) is 0 Å². The molecule has 1 aromatic rings. The summed E-state index contributed by atoms with van der Waals surface area (Å²) in [5.41, 5.74) is 0.232. The number of nitrogens with one attached hydrogen (secondary N) is 1. The zero-order valence-electron chi connectivity index (χ0n) is 21.2. The second kappa shape index (κ2) is 11.7. The average molecular weight is 534 g/mol. The molecule has 1 heterocycles. The Bertz CT molecular complexity index is 870. The lowest BCUT2D eigenvalue weighted by Gasteiger charge is -2.41. The van der Waals surface area contributed by atoms with Crippen molar-refractivity contribution in [1.82, 2.24) is 9.62 Å². The summed E-state index contributed by atoms with van der Waals surface area (Å²) in [6, 6.07) is 3.10. The molecule has 0 spiro atoms. The van der Waals surface area contributed by atoms with E-state index >= 15 is 0 Å². The number of amides is 1. The largest absolute Gasteiger partial charge is 0.598 e. The highest BCUT2D eigenvalue weighted by Crippen LogP contribution is 2.42. The highest BCUT2D eigenvalue weighted by atomic mass is 35.5. The topological polar surface area (TPSA) is 73.9 Å². The number of likely N-dealkylation sites (tertiary alicyclic amines) is 1. The van der Waals surface area contributed by atoms with Crippen LogP contribution < -0.4 is 9.46 Å². The van der Waals surface area contributed by atoms with E-state index in [1.807, 2.05) is 48.5 Å². The Morgan fingerprint density at radius 3 is 2.44 bits per heavy atom. The molecule has 1 saturated heterocycles. The Balaban J connectivity index is 2.39. The first-order chi connectivity index (χ1) is 15.6. The monoisotopic (exact) mass is 532 g/mol. The number of hydrogen-bond acceptors (Lipinski definition) is 5. The number of carbonyl (C=O) groups excluding carboxylic acids is 1. The predicted molar refractivity (Wildman–Crippen MR) is 141 cm³/mol. The molecule has 0 aliphatic carbocycles. The number of nitrogens with zero attached hydrogens (tertiary/aromatic N) is 1. The van der Waals surface area contributed by atoms with Gasteiger partial charge in [-0.25, -0.2) is 4.79 Å². The second-order valence-electron chi connectivity index (χ2n) is 10.7. The van der Waals surface area contributed by atoms with Crippen LogP contribution in [0.5, 0.6) is 5.75 Å². The van der Waals surface area contributed by atoms with Gasteiger partial charge < -0.3 is 18.9 Å². The molecule has 0 aromatic heterocycles. The highest BCUT2D eigenvalue weighted by Gasteiger charge is 2.40. The molecule has 34 heavy (non-hydrogen) atoms. The van der Waals surface area contributed by atoms with Gasteiger partial charge in [0.05, 0.1) is 16.1 Å². The first kappa shape index (κ1) is 29.1. The summed E-state index contributed by atoms with van der Waals surface area (Å²) in [4.78, 5) is 14.5. The van der Waals surface area contributed by atoms with Crippen molar-refractivity contribution in [2.45, 2.75) is 83.7 Å². The van der Waals surface area contributed by atoms with Gasteiger partial charge in [-0.1, -0.05) is 35.9 Å². The Morgan fingerprint density at radius 2 is 1.91 bits per heavy atom. The highest BCUT2D eigenvalue weighted by molar-refractivity contribution is 7.90. The second-order valence-corrected chi connectivity index (χ2v) is 13.5. The summed E-state index contributed by atoms with van der Waals surface area (Å²) < 4.78 is 27.6. The maximum absolute atomic E-state index is 13.2. The molecule has 4 atom stereocenters. The molecule has 1 fully saturated rings. The molecule has 9 heteroatoms. The fraction of sp³-hybridized carbons (Fsp3) is 0.640. The molecule has 1 N–H and O–H groups in total. The Labute approximate surface area is 217 Å². The van der Waals surface area contributed by atoms with Gasteiger partial charge in [0.25, 0.3) is 0 Å². The van der Waals surface area contributed by atoms with Crippen LogP contribution in [0.15, 0.2) is 24.8 Å². The molecule has 0 saturated carbocycles. The molecular weight excluding hydrogens is 495 g/mol. The van der Waals surface area contributed by atoms with Gasteiger partial charge >= 0.3 is 6.09 Å². The van der Waals surface area contributed by atoms with Crippen molar-refractivity contribution in [2.75, 3.05) is 13.2 Å². The van der Waals surface area contributed by atoms with E-state index in [9.17, 15) is 9.35 Å². The van der Waals surface area contributed by atoms with Crippen molar-refractivity contribution in [2.24, 2.45) is 5.92 Å². The number of piperidine rings is 1. The molecular formula is C25H38Cl2N2O4S. The molecule has 1 aromatic carbocycles. The van der Waals surface area contributed by atoms with Crippen molar-refractivity contribution in [3.63, 3.8) is 0 Å². The molecule has 192 valence electrons. The summed E-state index contributed by atoms with van der Waals surface area (Å²) in [6.45, 7) is 17.9. The van der Waals surface area contributed by atoms with Crippen LogP contribution in [0.4, 0.5) is 4.79 Å². The Kier molecular flexibility index (Phi) is 10.1. The SMILES string of the molecule is C=CCOc1cc(Cl)c(Cl)cc1C(N[S+]([O-])C(C)(C)C)C1CCN(C(=O)OC(C)(C)C)C(C)C1. The van der Waals surface area contributed by atoms with Crippen LogP contribution >= 0.6 is 23.2 Å². The summed E-state index contributed by atoms with van der Waals surface area (Å²) in [6.07, 6.45) is 2.73. The molecule has 2 rings (SSSR count). The normalized spacial score (nSPS) is 21.1. The molecule has 1 aliphatic heterocycles. The van der Waals surface area contributed by atoms with Crippen LogP contribution in [0.1, 0.15) is 72.9 Å². The lowest BCUT2D eigenvalue weighted by atomic mass is 9.83. The van der Waals surface area contributed by atoms with Gasteiger partial charge in [0, 0.05) is 35.6 Å². The van der Waals surface area contributed by atoms with Crippen molar-refractivity contribution in [1.29, 1.82) is 0 Å². The van der Waals surface area contributed by atoms with Crippen LogP contribution in [0.25, 0.3) is 0 Å². The van der Waals surface area contributed by atoms with Crippen LogP contribution in [0.3, 0.4) is 0 Å². The summed E-state index contributed by atoms with van der Waals surface area (Å²) >= 11 is 11.3. The zero-order chi connectivity index (χ0) is 25.8. The van der Waals surface area contributed by atoms with Gasteiger partial charge in [0.15, 0.2) is 0 Å². The molecule has 0 radical (unpaired) electrons. The average Bonchev–Trinajstić information content (AvgIpc) is 2.70. The van der Waals surface area contributed by atoms with Crippen molar-refractivity contribution in [3.8, 4) is 5.75 Å². The Morgan fingerprint density at radius 1 is 1.29 bits per heavy atom. The third kappa shape index (κ3) is 7.95. The molecule has 1 amide bonds.